The van der Waals surface area contributed by atoms with Crippen LogP contribution in [-0.4, -0.2) is 36.9 Å². The first-order valence-electron chi connectivity index (χ1n) is 7.94. The van der Waals surface area contributed by atoms with E-state index in [0.29, 0.717) is 42.9 Å². The third-order valence-electron chi connectivity index (χ3n) is 4.29. The highest BCUT2D eigenvalue weighted by molar-refractivity contribution is 5.95. The van der Waals surface area contributed by atoms with Crippen molar-refractivity contribution in [2.45, 2.75) is 12.8 Å². The van der Waals surface area contributed by atoms with Crippen LogP contribution < -0.4 is 10.1 Å². The maximum absolute atomic E-state index is 12.5. The molecule has 2 amide bonds. The van der Waals surface area contributed by atoms with Crippen molar-refractivity contribution in [3.05, 3.63) is 48.4 Å². The van der Waals surface area contributed by atoms with Gasteiger partial charge in [0.15, 0.2) is 0 Å². The lowest BCUT2D eigenvalue weighted by molar-refractivity contribution is -0.121. The maximum atomic E-state index is 12.5. The zero-order valence-corrected chi connectivity index (χ0v) is 13.5. The number of ether oxygens (including phenoxy) is 1. The number of carbonyl (C=O) groups is 2. The molecule has 1 fully saturated rings. The molecule has 0 bridgehead atoms. The lowest BCUT2D eigenvalue weighted by atomic mass is 9.95. The number of rotatable bonds is 4. The van der Waals surface area contributed by atoms with Crippen LogP contribution in [0.25, 0.3) is 0 Å². The third kappa shape index (κ3) is 3.42. The highest BCUT2D eigenvalue weighted by Gasteiger charge is 2.28. The average Bonchev–Trinajstić information content (AvgIpc) is 3.16. The SMILES string of the molecule is COc1ccccc1NC(=O)C1CCN(C(=O)c2ccoc2)CC1. The zero-order valence-electron chi connectivity index (χ0n) is 13.5. The second-order valence-corrected chi connectivity index (χ2v) is 5.77. The van der Waals surface area contributed by atoms with E-state index in [2.05, 4.69) is 5.32 Å². The van der Waals surface area contributed by atoms with Crippen LogP contribution in [0.15, 0.2) is 47.3 Å². The second kappa shape index (κ2) is 7.21. The Morgan fingerprint density at radius 2 is 1.96 bits per heavy atom. The van der Waals surface area contributed by atoms with Crippen LogP contribution in [0.3, 0.4) is 0 Å². The van der Waals surface area contributed by atoms with E-state index < -0.39 is 0 Å². The molecule has 24 heavy (non-hydrogen) atoms. The molecule has 2 aromatic rings. The van der Waals surface area contributed by atoms with Gasteiger partial charge in [0.2, 0.25) is 5.91 Å². The number of para-hydroxylation sites is 2. The van der Waals surface area contributed by atoms with Gasteiger partial charge in [-0.2, -0.15) is 0 Å². The van der Waals surface area contributed by atoms with Gasteiger partial charge in [-0.3, -0.25) is 9.59 Å². The Kier molecular flexibility index (Phi) is 4.84. The van der Waals surface area contributed by atoms with Crippen molar-refractivity contribution in [1.29, 1.82) is 0 Å². The van der Waals surface area contributed by atoms with Crippen LogP contribution in [0, 0.1) is 5.92 Å². The van der Waals surface area contributed by atoms with Crippen molar-refractivity contribution in [3.63, 3.8) is 0 Å². The minimum absolute atomic E-state index is 0.0325. The van der Waals surface area contributed by atoms with Crippen molar-refractivity contribution in [3.8, 4) is 5.75 Å². The van der Waals surface area contributed by atoms with E-state index >= 15 is 0 Å². The predicted molar refractivity (Wildman–Crippen MR) is 89.0 cm³/mol. The standard InChI is InChI=1S/C18H20N2O4/c1-23-16-5-3-2-4-15(16)19-17(21)13-6-9-20(10-7-13)18(22)14-8-11-24-12-14/h2-5,8,11-13H,6-7,9-10H2,1H3,(H,19,21). The number of likely N-dealkylation sites (tertiary alicyclic amines) is 1. The summed E-state index contributed by atoms with van der Waals surface area (Å²) in [6.45, 7) is 1.13. The number of benzene rings is 1. The molecule has 1 saturated heterocycles. The van der Waals surface area contributed by atoms with E-state index in [1.54, 1.807) is 18.1 Å². The van der Waals surface area contributed by atoms with Gasteiger partial charge < -0.3 is 19.4 Å². The molecule has 0 atom stereocenters. The summed E-state index contributed by atoms with van der Waals surface area (Å²) in [4.78, 5) is 26.5. The molecule has 3 rings (SSSR count). The molecule has 1 N–H and O–H groups in total. The molecule has 0 radical (unpaired) electrons. The number of anilines is 1. The number of furan rings is 1. The fourth-order valence-corrected chi connectivity index (χ4v) is 2.90. The predicted octanol–water partition coefficient (Wildman–Crippen LogP) is 2.78. The molecule has 0 spiro atoms. The first kappa shape index (κ1) is 16.1. The number of methoxy groups -OCH3 is 1. The summed E-state index contributed by atoms with van der Waals surface area (Å²) in [7, 11) is 1.57. The van der Waals surface area contributed by atoms with Gasteiger partial charge in [-0.05, 0) is 31.0 Å². The average molecular weight is 328 g/mol. The van der Waals surface area contributed by atoms with Gasteiger partial charge in [-0.25, -0.2) is 0 Å². The first-order chi connectivity index (χ1) is 11.7. The number of piperidine rings is 1. The van der Waals surface area contributed by atoms with Crippen molar-refractivity contribution in [2.24, 2.45) is 5.92 Å². The second-order valence-electron chi connectivity index (χ2n) is 5.77. The molecule has 1 aromatic heterocycles. The highest BCUT2D eigenvalue weighted by Crippen LogP contribution is 2.26. The lowest BCUT2D eigenvalue weighted by Gasteiger charge is -2.31. The molecule has 126 valence electrons. The highest BCUT2D eigenvalue weighted by atomic mass is 16.5. The summed E-state index contributed by atoms with van der Waals surface area (Å²) < 4.78 is 10.2. The Labute approximate surface area is 140 Å². The van der Waals surface area contributed by atoms with E-state index in [-0.39, 0.29) is 17.7 Å². The molecule has 2 heterocycles. The van der Waals surface area contributed by atoms with Crippen molar-refractivity contribution >= 4 is 17.5 Å². The first-order valence-corrected chi connectivity index (χ1v) is 7.94. The summed E-state index contributed by atoms with van der Waals surface area (Å²) in [6.07, 6.45) is 4.22. The van der Waals surface area contributed by atoms with Crippen LogP contribution in [0.4, 0.5) is 5.69 Å². The van der Waals surface area contributed by atoms with Crippen LogP contribution in [-0.2, 0) is 4.79 Å². The summed E-state index contributed by atoms with van der Waals surface area (Å²) in [6, 6.07) is 8.98. The third-order valence-corrected chi connectivity index (χ3v) is 4.29. The van der Waals surface area contributed by atoms with E-state index in [1.807, 2.05) is 24.3 Å². The molecule has 0 saturated carbocycles. The molecular weight excluding hydrogens is 308 g/mol. The van der Waals surface area contributed by atoms with E-state index in [0.717, 1.165) is 0 Å². The van der Waals surface area contributed by atoms with Gasteiger partial charge in [0.1, 0.15) is 12.0 Å². The molecule has 6 nitrogen and oxygen atoms in total. The summed E-state index contributed by atoms with van der Waals surface area (Å²) >= 11 is 0. The zero-order chi connectivity index (χ0) is 16.9. The fraction of sp³-hybridized carbons (Fsp3) is 0.333. The van der Waals surface area contributed by atoms with Crippen LogP contribution in [0.2, 0.25) is 0 Å². The number of nitrogens with zero attached hydrogens (tertiary/aromatic N) is 1. The monoisotopic (exact) mass is 328 g/mol. The van der Waals surface area contributed by atoms with Gasteiger partial charge in [-0.15, -0.1) is 0 Å². The Morgan fingerprint density at radius 3 is 2.62 bits per heavy atom. The van der Waals surface area contributed by atoms with Gasteiger partial charge in [0, 0.05) is 19.0 Å². The largest absolute Gasteiger partial charge is 0.495 e. The Balaban J connectivity index is 1.56. The van der Waals surface area contributed by atoms with E-state index in [1.165, 1.54) is 12.5 Å². The lowest BCUT2D eigenvalue weighted by Crippen LogP contribution is -2.41. The fourth-order valence-electron chi connectivity index (χ4n) is 2.90. The van der Waals surface area contributed by atoms with Gasteiger partial charge in [-0.1, -0.05) is 12.1 Å². The minimum atomic E-state index is -0.108. The minimum Gasteiger partial charge on any atom is -0.495 e. The van der Waals surface area contributed by atoms with Crippen LogP contribution in [0.1, 0.15) is 23.2 Å². The van der Waals surface area contributed by atoms with Crippen molar-refractivity contribution in [2.75, 3.05) is 25.5 Å². The molecule has 6 heteroatoms. The number of amides is 2. The number of carbonyl (C=O) groups excluding carboxylic acids is 2. The van der Waals surface area contributed by atoms with Crippen LogP contribution in [0.5, 0.6) is 5.75 Å². The Hall–Kier alpha value is -2.76. The molecule has 1 aromatic carbocycles. The summed E-state index contributed by atoms with van der Waals surface area (Å²) in [5, 5.41) is 2.92. The van der Waals surface area contributed by atoms with Gasteiger partial charge >= 0.3 is 0 Å². The number of hydrogen-bond acceptors (Lipinski definition) is 4. The Bertz CT molecular complexity index is 704. The molecular formula is C18H20N2O4. The van der Waals surface area contributed by atoms with Crippen LogP contribution >= 0.6 is 0 Å². The normalized spacial score (nSPS) is 15.1. The summed E-state index contributed by atoms with van der Waals surface area (Å²) in [5.74, 6) is 0.448. The van der Waals surface area contributed by atoms with E-state index in [9.17, 15) is 9.59 Å². The van der Waals surface area contributed by atoms with E-state index in [4.69, 9.17) is 9.15 Å². The topological polar surface area (TPSA) is 71.8 Å². The molecule has 1 aliphatic rings. The smallest absolute Gasteiger partial charge is 0.257 e. The molecule has 0 unspecified atom stereocenters. The summed E-state index contributed by atoms with van der Waals surface area (Å²) in [5.41, 5.74) is 1.22. The van der Waals surface area contributed by atoms with Crippen molar-refractivity contribution < 1.29 is 18.7 Å². The quantitative estimate of drug-likeness (QED) is 0.937. The number of nitrogens with one attached hydrogen (secondary N) is 1. The number of hydrogen-bond donors (Lipinski definition) is 1. The molecule has 1 aliphatic heterocycles. The van der Waals surface area contributed by atoms with Gasteiger partial charge in [0.25, 0.3) is 5.91 Å². The Morgan fingerprint density at radius 1 is 1.21 bits per heavy atom. The maximum Gasteiger partial charge on any atom is 0.257 e. The molecule has 0 aliphatic carbocycles. The van der Waals surface area contributed by atoms with Gasteiger partial charge in [0.05, 0.1) is 24.6 Å². The van der Waals surface area contributed by atoms with Crippen molar-refractivity contribution in [1.82, 2.24) is 4.90 Å².